The molecule has 4 rings (SSSR count). The molecule has 4 heterocycles. The molecule has 1 aliphatic rings. The summed E-state index contributed by atoms with van der Waals surface area (Å²) in [6.07, 6.45) is 3.27. The van der Waals surface area contributed by atoms with E-state index in [1.165, 1.54) is 6.07 Å². The van der Waals surface area contributed by atoms with Crippen LogP contribution in [0.3, 0.4) is 0 Å². The smallest absolute Gasteiger partial charge is 0.274 e. The summed E-state index contributed by atoms with van der Waals surface area (Å²) >= 11 is 0. The molecule has 0 aliphatic carbocycles. The van der Waals surface area contributed by atoms with E-state index in [-0.39, 0.29) is 37.5 Å². The number of aromatic nitrogens is 4. The van der Waals surface area contributed by atoms with E-state index < -0.39 is 11.2 Å². The molecule has 0 aromatic carbocycles. The standard InChI is InChI=1S/C20H23N5O5/c1-12(2)24-5-6-25-13(9-16(26)18(27)17(25)20(24)28)11-29-7-8-30-19-14-10-22-23-15(14)3-4-21-19/h3-4,9-10,12,27H,5-8,11H2,1-2H3,(H,22,23). The lowest BCUT2D eigenvalue weighted by molar-refractivity contribution is 0.0615. The monoisotopic (exact) mass is 413 g/mol. The number of nitrogens with one attached hydrogen (secondary N) is 1. The Morgan fingerprint density at radius 1 is 1.27 bits per heavy atom. The van der Waals surface area contributed by atoms with Crippen molar-refractivity contribution in [2.75, 3.05) is 19.8 Å². The van der Waals surface area contributed by atoms with Gasteiger partial charge < -0.3 is 24.0 Å². The van der Waals surface area contributed by atoms with E-state index in [0.717, 1.165) is 10.9 Å². The maximum absolute atomic E-state index is 12.7. The van der Waals surface area contributed by atoms with Crippen molar-refractivity contribution in [3.63, 3.8) is 0 Å². The van der Waals surface area contributed by atoms with Crippen LogP contribution in [0.15, 0.2) is 29.3 Å². The van der Waals surface area contributed by atoms with E-state index in [4.69, 9.17) is 9.47 Å². The Bertz CT molecular complexity index is 1140. The minimum atomic E-state index is -0.592. The van der Waals surface area contributed by atoms with Gasteiger partial charge in [0.15, 0.2) is 11.4 Å². The van der Waals surface area contributed by atoms with Crippen LogP contribution in [-0.2, 0) is 17.9 Å². The van der Waals surface area contributed by atoms with Gasteiger partial charge in [-0.2, -0.15) is 5.10 Å². The first kappa shape index (κ1) is 19.9. The van der Waals surface area contributed by atoms with Gasteiger partial charge in [0.25, 0.3) is 5.91 Å². The number of nitrogens with zero attached hydrogens (tertiary/aromatic N) is 4. The lowest BCUT2D eigenvalue weighted by Gasteiger charge is -2.34. The van der Waals surface area contributed by atoms with E-state index in [2.05, 4.69) is 15.2 Å². The molecule has 0 bridgehead atoms. The number of pyridine rings is 2. The van der Waals surface area contributed by atoms with Crippen LogP contribution >= 0.6 is 0 Å². The summed E-state index contributed by atoms with van der Waals surface area (Å²) in [5.74, 6) is -0.408. The van der Waals surface area contributed by atoms with Crippen molar-refractivity contribution < 1.29 is 19.4 Å². The highest BCUT2D eigenvalue weighted by Crippen LogP contribution is 2.23. The first-order valence-electron chi connectivity index (χ1n) is 9.72. The molecule has 0 fully saturated rings. The molecule has 3 aromatic heterocycles. The molecule has 0 saturated carbocycles. The van der Waals surface area contributed by atoms with Crippen molar-refractivity contribution in [1.82, 2.24) is 24.6 Å². The summed E-state index contributed by atoms with van der Waals surface area (Å²) in [4.78, 5) is 30.7. The van der Waals surface area contributed by atoms with Gasteiger partial charge in [0.2, 0.25) is 11.3 Å². The normalized spacial score (nSPS) is 13.8. The van der Waals surface area contributed by atoms with Gasteiger partial charge in [0.1, 0.15) is 6.61 Å². The Morgan fingerprint density at radius 2 is 2.10 bits per heavy atom. The second-order valence-corrected chi connectivity index (χ2v) is 7.29. The van der Waals surface area contributed by atoms with Crippen LogP contribution in [-0.4, -0.2) is 61.5 Å². The van der Waals surface area contributed by atoms with Crippen LogP contribution in [0.5, 0.6) is 11.6 Å². The molecule has 0 spiro atoms. The highest BCUT2D eigenvalue weighted by atomic mass is 16.5. The molecule has 0 unspecified atom stereocenters. The number of fused-ring (bicyclic) bond motifs is 2. The van der Waals surface area contributed by atoms with Crippen LogP contribution in [0.1, 0.15) is 30.0 Å². The van der Waals surface area contributed by atoms with Crippen molar-refractivity contribution in [1.29, 1.82) is 0 Å². The molecule has 10 heteroatoms. The largest absolute Gasteiger partial charge is 0.503 e. The van der Waals surface area contributed by atoms with Gasteiger partial charge in [0, 0.05) is 37.1 Å². The molecule has 3 aromatic rings. The van der Waals surface area contributed by atoms with E-state index in [0.29, 0.717) is 24.7 Å². The number of hydrogen-bond acceptors (Lipinski definition) is 7. The van der Waals surface area contributed by atoms with Gasteiger partial charge in [0.05, 0.1) is 30.3 Å². The number of aromatic hydroxyl groups is 1. The molecular formula is C20H23N5O5. The van der Waals surface area contributed by atoms with Crippen LogP contribution in [0.25, 0.3) is 10.9 Å². The number of H-pyrrole nitrogens is 1. The van der Waals surface area contributed by atoms with Crippen molar-refractivity contribution in [3.05, 3.63) is 46.1 Å². The quantitative estimate of drug-likeness (QED) is 0.560. The van der Waals surface area contributed by atoms with Gasteiger partial charge in [-0.25, -0.2) is 4.98 Å². The van der Waals surface area contributed by atoms with Gasteiger partial charge in [-0.3, -0.25) is 14.7 Å². The molecule has 0 radical (unpaired) electrons. The minimum absolute atomic E-state index is 0.0214. The van der Waals surface area contributed by atoms with Crippen molar-refractivity contribution in [3.8, 4) is 11.6 Å². The summed E-state index contributed by atoms with van der Waals surface area (Å²) in [5.41, 5.74) is 0.801. The van der Waals surface area contributed by atoms with Gasteiger partial charge >= 0.3 is 0 Å². The Morgan fingerprint density at radius 3 is 2.90 bits per heavy atom. The molecule has 0 saturated heterocycles. The summed E-state index contributed by atoms with van der Waals surface area (Å²) < 4.78 is 13.0. The molecule has 1 amide bonds. The summed E-state index contributed by atoms with van der Waals surface area (Å²) in [7, 11) is 0. The van der Waals surface area contributed by atoms with Gasteiger partial charge in [-0.05, 0) is 19.9 Å². The topological polar surface area (TPSA) is 123 Å². The zero-order chi connectivity index (χ0) is 21.3. The predicted octanol–water partition coefficient (Wildman–Crippen LogP) is 1.28. The third kappa shape index (κ3) is 3.61. The van der Waals surface area contributed by atoms with E-state index in [1.807, 2.05) is 13.8 Å². The Labute approximate surface area is 172 Å². The zero-order valence-electron chi connectivity index (χ0n) is 16.8. The Hall–Kier alpha value is -3.40. The highest BCUT2D eigenvalue weighted by molar-refractivity contribution is 5.96. The molecule has 2 N–H and O–H groups in total. The lowest BCUT2D eigenvalue weighted by atomic mass is 10.1. The zero-order valence-corrected chi connectivity index (χ0v) is 16.8. The van der Waals surface area contributed by atoms with E-state index in [1.54, 1.807) is 27.9 Å². The maximum Gasteiger partial charge on any atom is 0.274 e. The maximum atomic E-state index is 12.7. The third-order valence-electron chi connectivity index (χ3n) is 5.07. The van der Waals surface area contributed by atoms with Crippen molar-refractivity contribution in [2.45, 2.75) is 33.0 Å². The van der Waals surface area contributed by atoms with Crippen LogP contribution in [0, 0.1) is 0 Å². The van der Waals surface area contributed by atoms with E-state index in [9.17, 15) is 14.7 Å². The fourth-order valence-electron chi connectivity index (χ4n) is 3.55. The number of aromatic amines is 1. The van der Waals surface area contributed by atoms with Crippen molar-refractivity contribution in [2.24, 2.45) is 0 Å². The average molecular weight is 413 g/mol. The number of carbonyl (C=O) groups is 1. The first-order chi connectivity index (χ1) is 14.5. The summed E-state index contributed by atoms with van der Waals surface area (Å²) in [6.45, 7) is 5.41. The third-order valence-corrected chi connectivity index (χ3v) is 5.07. The molecule has 30 heavy (non-hydrogen) atoms. The number of amides is 1. The van der Waals surface area contributed by atoms with Gasteiger partial charge in [-0.15, -0.1) is 0 Å². The lowest BCUT2D eigenvalue weighted by Crippen LogP contribution is -2.46. The molecule has 10 nitrogen and oxygen atoms in total. The fraction of sp³-hybridized carbons (Fsp3) is 0.400. The average Bonchev–Trinajstić information content (AvgIpc) is 3.20. The summed E-state index contributed by atoms with van der Waals surface area (Å²) in [5, 5.41) is 17.8. The molecular weight excluding hydrogens is 390 g/mol. The van der Waals surface area contributed by atoms with Gasteiger partial charge in [-0.1, -0.05) is 0 Å². The second kappa shape index (κ2) is 8.15. The number of hydrogen-bond donors (Lipinski definition) is 2. The van der Waals surface area contributed by atoms with E-state index >= 15 is 0 Å². The van der Waals surface area contributed by atoms with Crippen LogP contribution < -0.4 is 10.2 Å². The predicted molar refractivity (Wildman–Crippen MR) is 108 cm³/mol. The van der Waals surface area contributed by atoms with Crippen LogP contribution in [0.4, 0.5) is 0 Å². The molecule has 0 atom stereocenters. The number of carbonyl (C=O) groups excluding carboxylic acids is 1. The Balaban J connectivity index is 1.42. The first-order valence-corrected chi connectivity index (χ1v) is 9.72. The van der Waals surface area contributed by atoms with Crippen molar-refractivity contribution >= 4 is 16.8 Å². The minimum Gasteiger partial charge on any atom is -0.503 e. The fourth-order valence-corrected chi connectivity index (χ4v) is 3.55. The number of rotatable bonds is 7. The molecule has 158 valence electrons. The highest BCUT2D eigenvalue weighted by Gasteiger charge is 2.31. The Kier molecular flexibility index (Phi) is 5.40. The summed E-state index contributed by atoms with van der Waals surface area (Å²) in [6, 6.07) is 3.09. The second-order valence-electron chi connectivity index (χ2n) is 7.29. The SMILES string of the molecule is CC(C)N1CCn2c(COCCOc3nccc4[nH]ncc34)cc(=O)c(O)c2C1=O. The molecule has 1 aliphatic heterocycles. The number of ether oxygens (including phenoxy) is 2. The van der Waals surface area contributed by atoms with Crippen LogP contribution in [0.2, 0.25) is 0 Å².